The minimum absolute atomic E-state index is 0.143. The number of ether oxygens (including phenoxy) is 1. The van der Waals surface area contributed by atoms with Gasteiger partial charge in [-0.2, -0.15) is 0 Å². The monoisotopic (exact) mass is 340 g/mol. The van der Waals surface area contributed by atoms with E-state index in [1.165, 1.54) is 6.07 Å². The van der Waals surface area contributed by atoms with Crippen molar-refractivity contribution in [3.05, 3.63) is 52.8 Å². The van der Waals surface area contributed by atoms with Crippen molar-refractivity contribution < 1.29 is 13.2 Å². The highest BCUT2D eigenvalue weighted by Gasteiger charge is 2.19. The van der Waals surface area contributed by atoms with Crippen molar-refractivity contribution in [3.8, 4) is 5.75 Å². The van der Waals surface area contributed by atoms with Crippen LogP contribution in [-0.4, -0.2) is 20.0 Å². The number of sulfonamides is 1. The second-order valence-corrected chi connectivity index (χ2v) is 6.81. The number of nitrogens with one attached hydrogen (secondary N) is 1. The first-order valence-electron chi connectivity index (χ1n) is 6.75. The second kappa shape index (κ2) is 7.09. The maximum atomic E-state index is 12.4. The van der Waals surface area contributed by atoms with Gasteiger partial charge in [0.15, 0.2) is 0 Å². The Morgan fingerprint density at radius 2 is 2.14 bits per heavy atom. The molecule has 5 nitrogen and oxygen atoms in total. The summed E-state index contributed by atoms with van der Waals surface area (Å²) >= 11 is 6.08. The molecule has 0 fully saturated rings. The highest BCUT2D eigenvalue weighted by atomic mass is 35.5. The van der Waals surface area contributed by atoms with Gasteiger partial charge in [-0.05, 0) is 43.2 Å². The second-order valence-electron chi connectivity index (χ2n) is 4.67. The number of nitrogens with zero attached hydrogens (tertiary/aromatic N) is 1. The van der Waals surface area contributed by atoms with Crippen LogP contribution >= 0.6 is 11.6 Å². The molecule has 0 saturated heterocycles. The number of rotatable bonds is 6. The van der Waals surface area contributed by atoms with Crippen molar-refractivity contribution in [2.45, 2.75) is 25.3 Å². The molecule has 0 atom stereocenters. The molecule has 1 N–H and O–H groups in total. The van der Waals surface area contributed by atoms with Gasteiger partial charge in [-0.3, -0.25) is 4.98 Å². The van der Waals surface area contributed by atoms with Crippen LogP contribution < -0.4 is 9.46 Å². The highest BCUT2D eigenvalue weighted by Crippen LogP contribution is 2.30. The lowest BCUT2D eigenvalue weighted by Gasteiger charge is -2.12. The summed E-state index contributed by atoms with van der Waals surface area (Å²) in [5, 5.41) is 0.272. The Kier molecular flexibility index (Phi) is 5.39. The lowest BCUT2D eigenvalue weighted by molar-refractivity contribution is 0.340. The minimum Gasteiger partial charge on any atom is -0.492 e. The fourth-order valence-electron chi connectivity index (χ4n) is 1.95. The molecule has 2 aromatic rings. The number of hydrogen-bond donors (Lipinski definition) is 1. The van der Waals surface area contributed by atoms with E-state index in [1.807, 2.05) is 6.92 Å². The van der Waals surface area contributed by atoms with E-state index in [9.17, 15) is 8.42 Å². The fourth-order valence-corrected chi connectivity index (χ4v) is 3.50. The Bertz CT molecular complexity index is 749. The van der Waals surface area contributed by atoms with Gasteiger partial charge in [0.1, 0.15) is 5.75 Å². The number of hydrogen-bond acceptors (Lipinski definition) is 4. The van der Waals surface area contributed by atoms with Crippen molar-refractivity contribution in [1.82, 2.24) is 9.71 Å². The topological polar surface area (TPSA) is 68.3 Å². The Hall–Kier alpha value is -1.63. The van der Waals surface area contributed by atoms with Gasteiger partial charge in [0, 0.05) is 18.9 Å². The van der Waals surface area contributed by atoms with Gasteiger partial charge >= 0.3 is 0 Å². The Morgan fingerprint density at radius 1 is 1.36 bits per heavy atom. The van der Waals surface area contributed by atoms with E-state index in [0.29, 0.717) is 17.9 Å². The van der Waals surface area contributed by atoms with Crippen molar-refractivity contribution in [1.29, 1.82) is 0 Å². The molecule has 1 aromatic carbocycles. The van der Waals surface area contributed by atoms with Crippen LogP contribution in [0.25, 0.3) is 0 Å². The Morgan fingerprint density at radius 3 is 2.77 bits per heavy atom. The smallest absolute Gasteiger partial charge is 0.241 e. The first kappa shape index (κ1) is 16.7. The summed E-state index contributed by atoms with van der Waals surface area (Å²) in [6.45, 7) is 4.17. The molecule has 2 rings (SSSR count). The van der Waals surface area contributed by atoms with Gasteiger partial charge in [-0.15, -0.1) is 0 Å². The van der Waals surface area contributed by atoms with Gasteiger partial charge < -0.3 is 4.74 Å². The van der Waals surface area contributed by atoms with Crippen molar-refractivity contribution >= 4 is 21.6 Å². The summed E-state index contributed by atoms with van der Waals surface area (Å²) in [6.07, 6.45) is 3.24. The standard InChI is InChI=1S/C15H17ClN2O3S/c1-3-21-14-7-11(2)15(8-13(14)16)22(19,20)18-10-12-5-4-6-17-9-12/h4-9,18H,3,10H2,1-2H3. The molecule has 0 spiro atoms. The van der Waals surface area contributed by atoms with Gasteiger partial charge in [-0.1, -0.05) is 17.7 Å². The van der Waals surface area contributed by atoms with Crippen LogP contribution in [0.15, 0.2) is 41.6 Å². The summed E-state index contributed by atoms with van der Waals surface area (Å²) in [6, 6.07) is 6.59. The molecule has 118 valence electrons. The molecule has 0 aliphatic carbocycles. The summed E-state index contributed by atoms with van der Waals surface area (Å²) in [5.74, 6) is 0.480. The van der Waals surface area contributed by atoms with Crippen molar-refractivity contribution in [2.24, 2.45) is 0 Å². The predicted molar refractivity (Wildman–Crippen MR) is 85.6 cm³/mol. The maximum absolute atomic E-state index is 12.4. The lowest BCUT2D eigenvalue weighted by atomic mass is 10.2. The van der Waals surface area contributed by atoms with Crippen molar-refractivity contribution in [2.75, 3.05) is 6.61 Å². The lowest BCUT2D eigenvalue weighted by Crippen LogP contribution is -2.24. The van der Waals surface area contributed by atoms with E-state index in [-0.39, 0.29) is 16.5 Å². The third-order valence-corrected chi connectivity index (χ3v) is 4.85. The number of benzene rings is 1. The highest BCUT2D eigenvalue weighted by molar-refractivity contribution is 7.89. The zero-order valence-electron chi connectivity index (χ0n) is 12.3. The average Bonchev–Trinajstić information content (AvgIpc) is 2.50. The van der Waals surface area contributed by atoms with E-state index < -0.39 is 10.0 Å². The van der Waals surface area contributed by atoms with Gasteiger partial charge in [0.25, 0.3) is 0 Å². The first-order valence-corrected chi connectivity index (χ1v) is 8.61. The predicted octanol–water partition coefficient (Wildman–Crippen LogP) is 2.92. The molecule has 0 saturated carbocycles. The molecule has 0 unspecified atom stereocenters. The fraction of sp³-hybridized carbons (Fsp3) is 0.267. The van der Waals surface area contributed by atoms with Crippen LogP contribution in [0.5, 0.6) is 5.75 Å². The zero-order chi connectivity index (χ0) is 16.2. The SMILES string of the molecule is CCOc1cc(C)c(S(=O)(=O)NCc2cccnc2)cc1Cl. The number of aromatic nitrogens is 1. The molecule has 22 heavy (non-hydrogen) atoms. The van der Waals surface area contributed by atoms with Crippen LogP contribution in [-0.2, 0) is 16.6 Å². The Balaban J connectivity index is 2.24. The molecule has 1 heterocycles. The summed E-state index contributed by atoms with van der Waals surface area (Å²) in [7, 11) is -3.66. The molecule has 0 bridgehead atoms. The Labute approximate surface area is 135 Å². The number of pyridine rings is 1. The third kappa shape index (κ3) is 3.97. The van der Waals surface area contributed by atoms with Gasteiger partial charge in [-0.25, -0.2) is 13.1 Å². The summed E-state index contributed by atoms with van der Waals surface area (Å²) in [4.78, 5) is 4.09. The third-order valence-electron chi connectivity index (χ3n) is 3.01. The van der Waals surface area contributed by atoms with Crippen LogP contribution in [0.2, 0.25) is 5.02 Å². The molecular formula is C15H17ClN2O3S. The molecule has 7 heteroatoms. The quantitative estimate of drug-likeness (QED) is 0.877. The van der Waals surface area contributed by atoms with E-state index in [2.05, 4.69) is 9.71 Å². The minimum atomic E-state index is -3.66. The molecule has 0 aliphatic heterocycles. The van der Waals surface area contributed by atoms with E-state index in [0.717, 1.165) is 5.56 Å². The summed E-state index contributed by atoms with van der Waals surface area (Å²) < 4.78 is 32.7. The number of halogens is 1. The van der Waals surface area contributed by atoms with E-state index >= 15 is 0 Å². The normalized spacial score (nSPS) is 11.4. The van der Waals surface area contributed by atoms with E-state index in [1.54, 1.807) is 37.5 Å². The van der Waals surface area contributed by atoms with Crippen LogP contribution in [0.4, 0.5) is 0 Å². The molecule has 1 aromatic heterocycles. The molecular weight excluding hydrogens is 324 g/mol. The van der Waals surface area contributed by atoms with Crippen molar-refractivity contribution in [3.63, 3.8) is 0 Å². The van der Waals surface area contributed by atoms with Crippen LogP contribution in [0, 0.1) is 6.92 Å². The molecule has 0 aliphatic rings. The van der Waals surface area contributed by atoms with Gasteiger partial charge in [0.05, 0.1) is 16.5 Å². The number of aryl methyl sites for hydroxylation is 1. The maximum Gasteiger partial charge on any atom is 0.241 e. The summed E-state index contributed by atoms with van der Waals surface area (Å²) in [5.41, 5.74) is 1.35. The molecule has 0 radical (unpaired) electrons. The van der Waals surface area contributed by atoms with E-state index in [4.69, 9.17) is 16.3 Å². The zero-order valence-corrected chi connectivity index (χ0v) is 13.9. The molecule has 0 amide bonds. The van der Waals surface area contributed by atoms with Gasteiger partial charge in [0.2, 0.25) is 10.0 Å². The largest absolute Gasteiger partial charge is 0.492 e. The van der Waals surface area contributed by atoms with Crippen LogP contribution in [0.1, 0.15) is 18.1 Å². The van der Waals surface area contributed by atoms with Crippen LogP contribution in [0.3, 0.4) is 0 Å². The average molecular weight is 341 g/mol. The first-order chi connectivity index (χ1) is 10.4.